The Hall–Kier alpha value is -1.26. The third kappa shape index (κ3) is 3.61. The second-order valence-electron chi connectivity index (χ2n) is 4.56. The molecule has 2 rings (SSSR count). The van der Waals surface area contributed by atoms with E-state index in [1.54, 1.807) is 12.3 Å². The molecule has 1 aromatic carbocycles. The van der Waals surface area contributed by atoms with E-state index in [4.69, 9.17) is 0 Å². The van der Waals surface area contributed by atoms with Gasteiger partial charge in [0.2, 0.25) is 0 Å². The van der Waals surface area contributed by atoms with Gasteiger partial charge in [0.25, 0.3) is 0 Å². The topological polar surface area (TPSA) is 24.9 Å². The molecule has 1 unspecified atom stereocenters. The van der Waals surface area contributed by atoms with Gasteiger partial charge in [0.1, 0.15) is 5.82 Å². The lowest BCUT2D eigenvalue weighted by molar-refractivity contribution is 0.580. The molecule has 0 aliphatic heterocycles. The van der Waals surface area contributed by atoms with Crippen molar-refractivity contribution in [1.29, 1.82) is 0 Å². The molecule has 0 aliphatic carbocycles. The van der Waals surface area contributed by atoms with Crippen molar-refractivity contribution in [3.05, 3.63) is 63.6 Å². The Bertz CT molecular complexity index is 552. The molecule has 0 radical (unpaired) electrons. The maximum absolute atomic E-state index is 13.4. The van der Waals surface area contributed by atoms with Crippen LogP contribution in [0.5, 0.6) is 0 Å². The molecular weight excluding hydrogens is 307 g/mol. The smallest absolute Gasteiger partial charge is 0.124 e. The summed E-state index contributed by atoms with van der Waals surface area (Å²) < 4.78 is 14.2. The highest BCUT2D eigenvalue weighted by Crippen LogP contribution is 2.23. The van der Waals surface area contributed by atoms with Crippen molar-refractivity contribution in [3.63, 3.8) is 0 Å². The monoisotopic (exact) mass is 322 g/mol. The number of pyridine rings is 1. The number of nitrogens with zero attached hydrogens (tertiary/aromatic N) is 1. The first-order valence-corrected chi connectivity index (χ1v) is 6.92. The molecule has 0 saturated heterocycles. The molecule has 4 heteroatoms. The molecule has 0 bridgehead atoms. The van der Waals surface area contributed by atoms with Crippen molar-refractivity contribution in [3.8, 4) is 0 Å². The summed E-state index contributed by atoms with van der Waals surface area (Å²) in [5, 5.41) is 3.28. The number of hydrogen-bond donors (Lipinski definition) is 1. The Morgan fingerprint density at radius 1 is 1.37 bits per heavy atom. The van der Waals surface area contributed by atoms with Gasteiger partial charge in [-0.1, -0.05) is 15.9 Å². The predicted octanol–water partition coefficient (Wildman–Crippen LogP) is 3.79. The first kappa shape index (κ1) is 14.2. The van der Waals surface area contributed by atoms with Gasteiger partial charge < -0.3 is 5.32 Å². The van der Waals surface area contributed by atoms with Gasteiger partial charge in [-0.15, -0.1) is 0 Å². The SMILES string of the molecule is CNC(Cc1cc(F)cc(Br)c1)c1ccncc1C. The van der Waals surface area contributed by atoms with Crippen LogP contribution in [0.25, 0.3) is 0 Å². The highest BCUT2D eigenvalue weighted by atomic mass is 79.9. The molecule has 0 amide bonds. The van der Waals surface area contributed by atoms with Gasteiger partial charge in [0.05, 0.1) is 0 Å². The van der Waals surface area contributed by atoms with Gasteiger partial charge in [0.15, 0.2) is 0 Å². The van der Waals surface area contributed by atoms with Crippen molar-refractivity contribution < 1.29 is 4.39 Å². The van der Waals surface area contributed by atoms with Crippen molar-refractivity contribution in [2.24, 2.45) is 0 Å². The lowest BCUT2D eigenvalue weighted by Crippen LogP contribution is -2.20. The van der Waals surface area contributed by atoms with E-state index in [0.29, 0.717) is 0 Å². The van der Waals surface area contributed by atoms with Crippen molar-refractivity contribution in [2.75, 3.05) is 7.05 Å². The standard InChI is InChI=1S/C15H16BrFN2/c1-10-9-19-4-3-14(10)15(18-2)7-11-5-12(16)8-13(17)6-11/h3-6,8-9,15,18H,7H2,1-2H3. The maximum atomic E-state index is 13.4. The minimum atomic E-state index is -0.217. The second kappa shape index (κ2) is 6.26. The van der Waals surface area contributed by atoms with Crippen molar-refractivity contribution in [1.82, 2.24) is 10.3 Å². The van der Waals surface area contributed by atoms with Crippen LogP contribution in [0.3, 0.4) is 0 Å². The first-order chi connectivity index (χ1) is 9.10. The zero-order chi connectivity index (χ0) is 13.8. The molecule has 0 fully saturated rings. The van der Waals surface area contributed by atoms with Crippen LogP contribution < -0.4 is 5.32 Å². The van der Waals surface area contributed by atoms with Crippen LogP contribution in [0, 0.1) is 12.7 Å². The first-order valence-electron chi connectivity index (χ1n) is 6.13. The lowest BCUT2D eigenvalue weighted by atomic mass is 9.97. The Kier molecular flexibility index (Phi) is 4.66. The Morgan fingerprint density at radius 2 is 2.16 bits per heavy atom. The third-order valence-corrected chi connectivity index (χ3v) is 3.61. The minimum absolute atomic E-state index is 0.150. The summed E-state index contributed by atoms with van der Waals surface area (Å²) in [6.45, 7) is 2.04. The Morgan fingerprint density at radius 3 is 2.79 bits per heavy atom. The van der Waals surface area contributed by atoms with Crippen molar-refractivity contribution in [2.45, 2.75) is 19.4 Å². The van der Waals surface area contributed by atoms with Crippen LogP contribution in [0.4, 0.5) is 4.39 Å². The summed E-state index contributed by atoms with van der Waals surface area (Å²) in [5.74, 6) is -0.217. The van der Waals surface area contributed by atoms with Crippen LogP contribution in [0.1, 0.15) is 22.7 Å². The van der Waals surface area contributed by atoms with Crippen LogP contribution in [-0.4, -0.2) is 12.0 Å². The van der Waals surface area contributed by atoms with Gasteiger partial charge >= 0.3 is 0 Å². The molecule has 0 saturated carbocycles. The van der Waals surface area contributed by atoms with E-state index in [2.05, 4.69) is 26.2 Å². The largest absolute Gasteiger partial charge is 0.313 e. The fourth-order valence-electron chi connectivity index (χ4n) is 2.21. The molecule has 1 heterocycles. The molecule has 0 aliphatic rings. The van der Waals surface area contributed by atoms with Crippen molar-refractivity contribution >= 4 is 15.9 Å². The highest BCUT2D eigenvalue weighted by Gasteiger charge is 2.13. The number of aromatic nitrogens is 1. The quantitative estimate of drug-likeness (QED) is 0.926. The van der Waals surface area contributed by atoms with E-state index >= 15 is 0 Å². The van der Waals surface area contributed by atoms with Crippen LogP contribution in [0.2, 0.25) is 0 Å². The average molecular weight is 323 g/mol. The zero-order valence-corrected chi connectivity index (χ0v) is 12.5. The van der Waals surface area contributed by atoms with Gasteiger partial charge in [0, 0.05) is 22.9 Å². The van der Waals surface area contributed by atoms with E-state index in [0.717, 1.165) is 22.0 Å². The molecule has 1 atom stereocenters. The fourth-order valence-corrected chi connectivity index (χ4v) is 2.72. The molecule has 1 N–H and O–H groups in total. The molecule has 0 spiro atoms. The maximum Gasteiger partial charge on any atom is 0.124 e. The van der Waals surface area contributed by atoms with Crippen LogP contribution >= 0.6 is 15.9 Å². The molecule has 100 valence electrons. The van der Waals surface area contributed by atoms with E-state index in [9.17, 15) is 4.39 Å². The average Bonchev–Trinajstić information content (AvgIpc) is 2.36. The molecule has 1 aromatic heterocycles. The highest BCUT2D eigenvalue weighted by molar-refractivity contribution is 9.10. The number of benzene rings is 1. The number of halogens is 2. The second-order valence-corrected chi connectivity index (χ2v) is 5.47. The van der Waals surface area contributed by atoms with Crippen LogP contribution in [-0.2, 0) is 6.42 Å². The number of nitrogens with one attached hydrogen (secondary N) is 1. The summed E-state index contributed by atoms with van der Waals surface area (Å²) in [6, 6.07) is 7.15. The Labute approximate surface area is 121 Å². The third-order valence-electron chi connectivity index (χ3n) is 3.15. The summed E-state index contributed by atoms with van der Waals surface area (Å²) >= 11 is 3.33. The van der Waals surface area contributed by atoms with E-state index in [1.807, 2.05) is 32.3 Å². The van der Waals surface area contributed by atoms with Gasteiger partial charge in [-0.25, -0.2) is 4.39 Å². The Balaban J connectivity index is 2.26. The molecular formula is C15H16BrFN2. The number of likely N-dealkylation sites (N-methyl/N-ethyl adjacent to an activating group) is 1. The lowest BCUT2D eigenvalue weighted by Gasteiger charge is -2.19. The zero-order valence-electron chi connectivity index (χ0n) is 11.0. The normalized spacial score (nSPS) is 12.4. The summed E-state index contributed by atoms with van der Waals surface area (Å²) in [7, 11) is 1.92. The molecule has 19 heavy (non-hydrogen) atoms. The van der Waals surface area contributed by atoms with E-state index in [-0.39, 0.29) is 11.9 Å². The van der Waals surface area contributed by atoms with E-state index in [1.165, 1.54) is 11.6 Å². The van der Waals surface area contributed by atoms with Gasteiger partial charge in [-0.2, -0.15) is 0 Å². The van der Waals surface area contributed by atoms with Crippen LogP contribution in [0.15, 0.2) is 41.1 Å². The number of hydrogen-bond acceptors (Lipinski definition) is 2. The predicted molar refractivity (Wildman–Crippen MR) is 78.6 cm³/mol. The number of aryl methyl sites for hydroxylation is 1. The summed E-state index contributed by atoms with van der Waals surface area (Å²) in [4.78, 5) is 4.10. The molecule has 2 nitrogen and oxygen atoms in total. The number of rotatable bonds is 4. The van der Waals surface area contributed by atoms with Gasteiger partial charge in [-0.3, -0.25) is 4.98 Å². The van der Waals surface area contributed by atoms with E-state index < -0.39 is 0 Å². The minimum Gasteiger partial charge on any atom is -0.313 e. The van der Waals surface area contributed by atoms with Gasteiger partial charge in [-0.05, 0) is 61.3 Å². The summed E-state index contributed by atoms with van der Waals surface area (Å²) in [5.41, 5.74) is 3.29. The molecule has 2 aromatic rings. The fraction of sp³-hybridized carbons (Fsp3) is 0.267. The summed E-state index contributed by atoms with van der Waals surface area (Å²) in [6.07, 6.45) is 4.37.